The Kier molecular flexibility index (Phi) is 4.57. The van der Waals surface area contributed by atoms with E-state index in [0.717, 1.165) is 50.8 Å². The summed E-state index contributed by atoms with van der Waals surface area (Å²) in [5.41, 5.74) is 2.00. The predicted octanol–water partition coefficient (Wildman–Crippen LogP) is 3.76. The van der Waals surface area contributed by atoms with Crippen LogP contribution in [0.1, 0.15) is 51.0 Å². The lowest BCUT2D eigenvalue weighted by Gasteiger charge is -2.23. The highest BCUT2D eigenvalue weighted by atomic mass is 32.1. The molecule has 130 valence electrons. The number of carbonyl (C=O) groups is 2. The van der Waals surface area contributed by atoms with Crippen LogP contribution in [0.25, 0.3) is 0 Å². The number of esters is 1. The molecule has 1 aromatic carbocycles. The van der Waals surface area contributed by atoms with Crippen molar-refractivity contribution in [1.29, 1.82) is 0 Å². The fourth-order valence-corrected chi connectivity index (χ4v) is 4.72. The van der Waals surface area contributed by atoms with Crippen molar-refractivity contribution < 1.29 is 14.3 Å². The number of aryl methyl sites for hydroxylation is 2. The zero-order chi connectivity index (χ0) is 17.2. The van der Waals surface area contributed by atoms with Crippen molar-refractivity contribution in [2.45, 2.75) is 38.2 Å². The van der Waals surface area contributed by atoms with E-state index in [2.05, 4.69) is 0 Å². The molecule has 4 nitrogen and oxygen atoms in total. The van der Waals surface area contributed by atoms with Gasteiger partial charge in [0.25, 0.3) is 5.91 Å². The number of ether oxygens (including phenoxy) is 1. The van der Waals surface area contributed by atoms with Crippen LogP contribution in [0.4, 0.5) is 0 Å². The highest BCUT2D eigenvalue weighted by Gasteiger charge is 2.32. The number of hydrogen-bond acceptors (Lipinski definition) is 4. The minimum atomic E-state index is -0.858. The number of nitrogens with zero attached hydrogens (tertiary/aromatic N) is 1. The summed E-state index contributed by atoms with van der Waals surface area (Å²) >= 11 is 1.51. The van der Waals surface area contributed by atoms with Crippen molar-refractivity contribution in [1.82, 2.24) is 4.90 Å². The second kappa shape index (κ2) is 7.00. The maximum atomic E-state index is 12.9. The summed E-state index contributed by atoms with van der Waals surface area (Å²) < 4.78 is 5.71. The number of rotatable bonds is 4. The van der Waals surface area contributed by atoms with Crippen LogP contribution in [-0.2, 0) is 22.4 Å². The van der Waals surface area contributed by atoms with Gasteiger partial charge in [0, 0.05) is 23.5 Å². The minimum Gasteiger partial charge on any atom is -0.443 e. The van der Waals surface area contributed by atoms with Crippen LogP contribution in [0.15, 0.2) is 36.4 Å². The number of fused-ring (bicyclic) bond motifs is 1. The first kappa shape index (κ1) is 16.3. The lowest BCUT2D eigenvalue weighted by atomic mass is 10.1. The molecule has 25 heavy (non-hydrogen) atoms. The van der Waals surface area contributed by atoms with E-state index in [9.17, 15) is 9.59 Å². The second-order valence-corrected chi connectivity index (χ2v) is 7.78. The maximum Gasteiger partial charge on any atom is 0.349 e. The molecule has 1 saturated heterocycles. The van der Waals surface area contributed by atoms with E-state index in [-0.39, 0.29) is 11.9 Å². The molecule has 2 aromatic rings. The Bertz CT molecular complexity index is 756. The number of benzene rings is 1. The number of likely N-dealkylation sites (tertiary alicyclic amines) is 1. The van der Waals surface area contributed by atoms with E-state index >= 15 is 0 Å². The molecule has 5 heteroatoms. The van der Waals surface area contributed by atoms with Gasteiger partial charge < -0.3 is 9.64 Å². The van der Waals surface area contributed by atoms with E-state index in [4.69, 9.17) is 4.74 Å². The van der Waals surface area contributed by atoms with Gasteiger partial charge in [0.15, 0.2) is 0 Å². The first-order valence-electron chi connectivity index (χ1n) is 8.88. The van der Waals surface area contributed by atoms with Crippen LogP contribution in [0.2, 0.25) is 0 Å². The Balaban J connectivity index is 1.56. The molecule has 1 aliphatic carbocycles. The summed E-state index contributed by atoms with van der Waals surface area (Å²) in [6.45, 7) is 1.49. The number of amides is 1. The summed E-state index contributed by atoms with van der Waals surface area (Å²) in [6.07, 6.45) is 4.41. The molecule has 1 aliphatic heterocycles. The van der Waals surface area contributed by atoms with Crippen molar-refractivity contribution in [3.63, 3.8) is 0 Å². The van der Waals surface area contributed by atoms with Gasteiger partial charge in [-0.25, -0.2) is 4.79 Å². The first-order chi connectivity index (χ1) is 12.2. The Morgan fingerprint density at radius 3 is 2.52 bits per heavy atom. The van der Waals surface area contributed by atoms with Crippen LogP contribution < -0.4 is 0 Å². The van der Waals surface area contributed by atoms with Crippen molar-refractivity contribution in [2.24, 2.45) is 0 Å². The van der Waals surface area contributed by atoms with E-state index in [0.29, 0.717) is 4.88 Å². The normalized spacial score (nSPS) is 17.4. The quantitative estimate of drug-likeness (QED) is 0.785. The third-order valence-electron chi connectivity index (χ3n) is 4.92. The molecule has 1 amide bonds. The second-order valence-electron chi connectivity index (χ2n) is 6.64. The van der Waals surface area contributed by atoms with Crippen LogP contribution in [0.3, 0.4) is 0 Å². The number of carbonyl (C=O) groups excluding carboxylic acids is 2. The third-order valence-corrected chi connectivity index (χ3v) is 6.13. The van der Waals surface area contributed by atoms with Gasteiger partial charge in [-0.1, -0.05) is 30.3 Å². The summed E-state index contributed by atoms with van der Waals surface area (Å²) in [7, 11) is 0. The monoisotopic (exact) mass is 355 g/mol. The number of thiophene rings is 1. The standard InChI is InChI=1S/C20H21NO3S/c22-19(21-11-4-5-12-21)18(14-7-2-1-3-8-14)24-20(23)17-13-15-9-6-10-16(15)25-17/h1-3,7-8,13,18H,4-6,9-12H2/t18-/m0/s1. The van der Waals surface area contributed by atoms with Gasteiger partial charge in [-0.2, -0.15) is 0 Å². The predicted molar refractivity (Wildman–Crippen MR) is 96.8 cm³/mol. The Labute approximate surface area is 151 Å². The van der Waals surface area contributed by atoms with Crippen molar-refractivity contribution >= 4 is 23.2 Å². The first-order valence-corrected chi connectivity index (χ1v) is 9.70. The van der Waals surface area contributed by atoms with E-state index in [1.165, 1.54) is 21.8 Å². The minimum absolute atomic E-state index is 0.110. The van der Waals surface area contributed by atoms with Gasteiger partial charge in [0.1, 0.15) is 4.88 Å². The average molecular weight is 355 g/mol. The van der Waals surface area contributed by atoms with E-state index in [1.807, 2.05) is 36.4 Å². The number of hydrogen-bond donors (Lipinski definition) is 0. The average Bonchev–Trinajstić information content (AvgIpc) is 3.36. The zero-order valence-corrected chi connectivity index (χ0v) is 14.9. The smallest absolute Gasteiger partial charge is 0.349 e. The van der Waals surface area contributed by atoms with Crippen molar-refractivity contribution in [3.8, 4) is 0 Å². The highest BCUT2D eigenvalue weighted by molar-refractivity contribution is 7.14. The maximum absolute atomic E-state index is 12.9. The molecule has 0 spiro atoms. The van der Waals surface area contributed by atoms with Gasteiger partial charge in [0.2, 0.25) is 6.10 Å². The molecule has 0 N–H and O–H groups in total. The Morgan fingerprint density at radius 1 is 1.04 bits per heavy atom. The lowest BCUT2D eigenvalue weighted by Crippen LogP contribution is -2.34. The van der Waals surface area contributed by atoms with Gasteiger partial charge in [-0.15, -0.1) is 11.3 Å². The molecular weight excluding hydrogens is 334 g/mol. The molecule has 0 unspecified atom stereocenters. The molecule has 2 heterocycles. The fraction of sp³-hybridized carbons (Fsp3) is 0.400. The summed E-state index contributed by atoms with van der Waals surface area (Å²) in [5.74, 6) is -0.498. The van der Waals surface area contributed by atoms with Gasteiger partial charge in [-0.3, -0.25) is 4.79 Å². The van der Waals surface area contributed by atoms with Gasteiger partial charge in [0.05, 0.1) is 0 Å². The molecular formula is C20H21NO3S. The molecule has 2 aliphatic rings. The van der Waals surface area contributed by atoms with Crippen molar-refractivity contribution in [2.75, 3.05) is 13.1 Å². The van der Waals surface area contributed by atoms with Gasteiger partial charge >= 0.3 is 5.97 Å². The summed E-state index contributed by atoms with van der Waals surface area (Å²) in [5, 5.41) is 0. The molecule has 0 bridgehead atoms. The van der Waals surface area contributed by atoms with E-state index in [1.54, 1.807) is 4.90 Å². The molecule has 1 atom stereocenters. The highest BCUT2D eigenvalue weighted by Crippen LogP contribution is 2.32. The topological polar surface area (TPSA) is 46.6 Å². The zero-order valence-electron chi connectivity index (χ0n) is 14.1. The largest absolute Gasteiger partial charge is 0.443 e. The van der Waals surface area contributed by atoms with Crippen molar-refractivity contribution in [3.05, 3.63) is 57.3 Å². The third kappa shape index (κ3) is 3.33. The molecule has 1 fully saturated rings. The molecule has 4 rings (SSSR count). The molecule has 0 saturated carbocycles. The summed E-state index contributed by atoms with van der Waals surface area (Å²) in [6, 6.07) is 11.3. The van der Waals surface area contributed by atoms with Crippen LogP contribution in [-0.4, -0.2) is 29.9 Å². The molecule has 1 aromatic heterocycles. The summed E-state index contributed by atoms with van der Waals surface area (Å²) in [4.78, 5) is 29.3. The van der Waals surface area contributed by atoms with Crippen LogP contribution in [0.5, 0.6) is 0 Å². The van der Waals surface area contributed by atoms with Crippen LogP contribution >= 0.6 is 11.3 Å². The lowest BCUT2D eigenvalue weighted by molar-refractivity contribution is -0.140. The van der Waals surface area contributed by atoms with Gasteiger partial charge in [-0.05, 0) is 43.7 Å². The molecule has 0 radical (unpaired) electrons. The SMILES string of the molecule is O=C(O[C@H](C(=O)N1CCCC1)c1ccccc1)c1cc2c(s1)CCC2. The Morgan fingerprint density at radius 2 is 1.80 bits per heavy atom. The van der Waals surface area contributed by atoms with Crippen LogP contribution in [0, 0.1) is 0 Å². The Hall–Kier alpha value is -2.14. The van der Waals surface area contributed by atoms with E-state index < -0.39 is 6.10 Å². The fourth-order valence-electron chi connectivity index (χ4n) is 3.59.